The molecular formula is C75H82N4O8S2. The number of hydrogen-bond acceptors (Lipinski definition) is 14. The highest BCUT2D eigenvalue weighted by Crippen LogP contribution is 2.64. The number of hydrogen-bond donors (Lipinski definition) is 6. The van der Waals surface area contributed by atoms with E-state index in [4.69, 9.17) is 29.4 Å². The van der Waals surface area contributed by atoms with Gasteiger partial charge in [-0.15, -0.1) is 5.92 Å². The van der Waals surface area contributed by atoms with Crippen LogP contribution in [0.25, 0.3) is 17.2 Å². The smallest absolute Gasteiger partial charge is 0.302 e. The molecule has 3 fully saturated rings. The van der Waals surface area contributed by atoms with Gasteiger partial charge in [0, 0.05) is 90.3 Å². The van der Waals surface area contributed by atoms with Crippen molar-refractivity contribution in [3.8, 4) is 63.6 Å². The first-order chi connectivity index (χ1) is 43.5. The summed E-state index contributed by atoms with van der Waals surface area (Å²) in [6.07, 6.45) is 18.9. The minimum atomic E-state index is -0.793. The molecule has 0 radical (unpaired) electrons. The molecule has 7 N–H and O–H groups in total. The van der Waals surface area contributed by atoms with Gasteiger partial charge < -0.3 is 55.6 Å². The number of nitrogens with two attached hydrogens (primary N) is 1. The van der Waals surface area contributed by atoms with Crippen molar-refractivity contribution in [2.45, 2.75) is 150 Å². The number of fused-ring (bicyclic) bond motifs is 10. The fourth-order valence-corrected chi connectivity index (χ4v) is 19.9. The minimum absolute atomic E-state index is 0.0185. The predicted octanol–water partition coefficient (Wildman–Crippen LogP) is 12.6. The highest BCUT2D eigenvalue weighted by molar-refractivity contribution is 8.77. The van der Waals surface area contributed by atoms with Crippen LogP contribution in [0, 0.1) is 47.4 Å². The number of aromatic hydroxyl groups is 2. The summed E-state index contributed by atoms with van der Waals surface area (Å²) in [5, 5.41) is 36.9. The first-order valence-electron chi connectivity index (χ1n) is 32.4. The Balaban J connectivity index is 1.05. The molecule has 3 aliphatic carbocycles. The van der Waals surface area contributed by atoms with Crippen LogP contribution < -0.4 is 35.9 Å². The number of carbonyl (C=O) groups is 1. The standard InChI is InChI=1S/C75H82N4O8S2/c1-44(80)85-42-60-56-23-24-57-66-51(36-53(81)37-63(66)84-3)39-75-32-30-50(38-75)54(22-20-45-12-6-4-7-13-45)55-26-29-65(76)79-61(55)27-21-49-18-10-16-47(41-83-2)31-33-77-40-59-67(49)68(71(60)86-72(56)69(57)75)58-25-28-62-74(87-73(58)70(59)82)64(35-46-14-8-5-9-15-46)89-88-43-48-17-11-19-52(34-48)78-62/h4-9,12-15,23-26,28-29,36-37,47-50,52,54,60,62,64-65,71,74,77-79,81-82H,11,16-17,19-20,22,30-35,38-43,76H2,1-3H3. The van der Waals surface area contributed by atoms with E-state index in [1.807, 2.05) is 27.7 Å². The molecule has 13 atom stereocenters. The Labute approximate surface area is 532 Å². The van der Waals surface area contributed by atoms with Gasteiger partial charge in [0.25, 0.3) is 0 Å². The number of esters is 1. The number of carbonyl (C=O) groups excluding carboxylic acids is 1. The summed E-state index contributed by atoms with van der Waals surface area (Å²) < 4.78 is 34.2. The molecule has 9 aliphatic rings. The lowest BCUT2D eigenvalue weighted by atomic mass is 9.64. The number of rotatable bonds is 10. The van der Waals surface area contributed by atoms with E-state index in [0.29, 0.717) is 60.6 Å². The zero-order valence-electron chi connectivity index (χ0n) is 51.3. The van der Waals surface area contributed by atoms with Crippen LogP contribution in [-0.4, -0.2) is 85.5 Å². The summed E-state index contributed by atoms with van der Waals surface area (Å²) in [5.74, 6) is 17.5. The second-order valence-electron chi connectivity index (χ2n) is 26.4. The fraction of sp³-hybridized carbons (Fsp3) is 0.453. The first kappa shape index (κ1) is 59.8. The number of phenols is 2. The molecule has 0 aromatic heterocycles. The number of nitrogens with one attached hydrogen (secondary N) is 3. The van der Waals surface area contributed by atoms with Crippen molar-refractivity contribution in [3.05, 3.63) is 164 Å². The molecule has 462 valence electrons. The number of allylic oxidation sites excluding steroid dienone is 3. The van der Waals surface area contributed by atoms with Gasteiger partial charge in [-0.25, -0.2) is 0 Å². The summed E-state index contributed by atoms with van der Waals surface area (Å²) in [6.45, 7) is 2.97. The average molecular weight is 1230 g/mol. The Bertz CT molecular complexity index is 3740. The molecule has 14 heteroatoms. The van der Waals surface area contributed by atoms with Gasteiger partial charge >= 0.3 is 5.97 Å². The van der Waals surface area contributed by atoms with Crippen molar-refractivity contribution in [2.75, 3.05) is 39.7 Å². The fourth-order valence-electron chi connectivity index (χ4n) is 16.7. The molecule has 2 saturated carbocycles. The zero-order chi connectivity index (χ0) is 60.8. The van der Waals surface area contributed by atoms with Crippen molar-refractivity contribution in [1.29, 1.82) is 0 Å². The molecule has 1 saturated heterocycles. The molecule has 5 aromatic rings. The predicted molar refractivity (Wildman–Crippen MR) is 354 cm³/mol. The van der Waals surface area contributed by atoms with Crippen molar-refractivity contribution in [3.63, 3.8) is 0 Å². The molecule has 89 heavy (non-hydrogen) atoms. The third-order valence-corrected chi connectivity index (χ3v) is 23.7. The van der Waals surface area contributed by atoms with Gasteiger partial charge in [-0.2, -0.15) is 0 Å². The van der Waals surface area contributed by atoms with E-state index >= 15 is 0 Å². The monoisotopic (exact) mass is 1230 g/mol. The number of phenolic OH excluding ortho intramolecular Hbond substituents is 2. The number of benzene rings is 5. The maximum atomic E-state index is 13.7. The molecule has 6 aliphatic heterocycles. The van der Waals surface area contributed by atoms with E-state index in [9.17, 15) is 15.0 Å². The second kappa shape index (κ2) is 25.9. The summed E-state index contributed by atoms with van der Waals surface area (Å²) in [5.41, 5.74) is 18.8. The van der Waals surface area contributed by atoms with Crippen molar-refractivity contribution < 1.29 is 38.7 Å². The highest BCUT2D eigenvalue weighted by atomic mass is 33.1. The van der Waals surface area contributed by atoms with Gasteiger partial charge in [0.05, 0.1) is 36.2 Å². The maximum Gasteiger partial charge on any atom is 0.302 e. The lowest BCUT2D eigenvalue weighted by Crippen LogP contribution is -2.52. The van der Waals surface area contributed by atoms with E-state index < -0.39 is 35.6 Å². The molecule has 6 bridgehead atoms. The second-order valence-corrected chi connectivity index (χ2v) is 29.0. The van der Waals surface area contributed by atoms with E-state index in [1.165, 1.54) is 30.9 Å². The summed E-state index contributed by atoms with van der Waals surface area (Å²) in [4.78, 5) is 13.4. The third-order valence-electron chi connectivity index (χ3n) is 20.7. The van der Waals surface area contributed by atoms with E-state index in [0.717, 1.165) is 120 Å². The zero-order valence-corrected chi connectivity index (χ0v) is 52.9. The number of dihydropyridines is 1. The molecule has 6 heterocycles. The highest BCUT2D eigenvalue weighted by Gasteiger charge is 2.53. The van der Waals surface area contributed by atoms with E-state index in [-0.39, 0.29) is 59.7 Å². The Hall–Kier alpha value is -6.75. The minimum Gasteiger partial charge on any atom is -0.508 e. The third kappa shape index (κ3) is 11.9. The van der Waals surface area contributed by atoms with Crippen LogP contribution >= 0.6 is 21.6 Å². The van der Waals surface area contributed by atoms with Crippen LogP contribution in [0.3, 0.4) is 0 Å². The van der Waals surface area contributed by atoms with Gasteiger partial charge in [-0.05, 0) is 152 Å². The average Bonchev–Trinajstić information content (AvgIpc) is 1.62. The van der Waals surface area contributed by atoms with Gasteiger partial charge in [0.2, 0.25) is 0 Å². The maximum absolute atomic E-state index is 13.7. The van der Waals surface area contributed by atoms with Crippen LogP contribution in [0.5, 0.6) is 28.7 Å². The summed E-state index contributed by atoms with van der Waals surface area (Å²) in [6, 6.07) is 29.6. The molecule has 1 spiro atoms. The molecule has 13 unspecified atom stereocenters. The molecule has 0 amide bonds. The molecule has 5 aromatic carbocycles. The molecule has 14 rings (SSSR count). The lowest BCUT2D eigenvalue weighted by Gasteiger charge is -2.40. The first-order valence-corrected chi connectivity index (χ1v) is 34.8. The molecule has 12 nitrogen and oxygen atoms in total. The van der Waals surface area contributed by atoms with E-state index in [2.05, 4.69) is 137 Å². The molecular weight excluding hydrogens is 1150 g/mol. The van der Waals surface area contributed by atoms with Crippen LogP contribution in [0.2, 0.25) is 0 Å². The topological polar surface area (TPSA) is 166 Å². The summed E-state index contributed by atoms with van der Waals surface area (Å²) >= 11 is 0. The summed E-state index contributed by atoms with van der Waals surface area (Å²) in [7, 11) is 7.30. The Morgan fingerprint density at radius 1 is 0.899 bits per heavy atom. The lowest BCUT2D eigenvalue weighted by molar-refractivity contribution is -0.141. The SMILES string of the molecule is COCC1CC#CC2C#CC3=C(C=CC(N)N3)C(CCc3ccccc3)C3CCC4(Cc5cc(O)cc(OC)c5-c5ccc6c(c54)OC(c4c5c(c(O)c(c42)CNCC1)OC1C(C=C5)NC2CCCC(CSSC1Cc1ccccc1)C2)C6COC(C)=O)C3. The Morgan fingerprint density at radius 3 is 2.56 bits per heavy atom. The number of aryl methyl sites for hydroxylation is 1. The van der Waals surface area contributed by atoms with Crippen molar-refractivity contribution >= 4 is 33.6 Å². The van der Waals surface area contributed by atoms with Crippen molar-refractivity contribution in [1.82, 2.24) is 16.0 Å². The largest absolute Gasteiger partial charge is 0.508 e. The number of methoxy groups -OCH3 is 2. The van der Waals surface area contributed by atoms with E-state index in [1.54, 1.807) is 20.3 Å². The Morgan fingerprint density at radius 2 is 1.74 bits per heavy atom. The van der Waals surface area contributed by atoms with Gasteiger partial charge in [-0.3, -0.25) is 4.79 Å². The normalized spacial score (nSPS) is 29.6. The van der Waals surface area contributed by atoms with Crippen LogP contribution in [0.1, 0.15) is 139 Å². The van der Waals surface area contributed by atoms with Crippen LogP contribution in [0.4, 0.5) is 0 Å². The van der Waals surface area contributed by atoms with Crippen molar-refractivity contribution in [2.24, 2.45) is 29.4 Å². The van der Waals surface area contributed by atoms with Gasteiger partial charge in [0.1, 0.15) is 42.0 Å². The van der Waals surface area contributed by atoms with Gasteiger partial charge in [0.15, 0.2) is 11.5 Å². The quantitative estimate of drug-likeness (QED) is 0.0444. The van der Waals surface area contributed by atoms with Gasteiger partial charge in [-0.1, -0.05) is 131 Å². The van der Waals surface area contributed by atoms with Crippen LogP contribution in [0.15, 0.2) is 114 Å². The van der Waals surface area contributed by atoms with Crippen LogP contribution in [-0.2, 0) is 45.5 Å². The number of ether oxygens (including phenoxy) is 5. The Kier molecular flexibility index (Phi) is 17.4.